The summed E-state index contributed by atoms with van der Waals surface area (Å²) in [7, 11) is 1.57. The molecule has 3 heterocycles. The summed E-state index contributed by atoms with van der Waals surface area (Å²) in [5, 5.41) is 29.7. The summed E-state index contributed by atoms with van der Waals surface area (Å²) in [6, 6.07) is 6.09. The normalized spacial score (nSPS) is 15.9. The van der Waals surface area contributed by atoms with Gasteiger partial charge in [0.2, 0.25) is 35.4 Å². The van der Waals surface area contributed by atoms with E-state index >= 15 is 0 Å². The first-order valence-corrected chi connectivity index (χ1v) is 22.7. The van der Waals surface area contributed by atoms with Crippen LogP contribution in [0.25, 0.3) is 10.9 Å². The third-order valence-electron chi connectivity index (χ3n) is 11.5. The molecule has 0 bridgehead atoms. The average Bonchev–Trinajstić information content (AvgIpc) is 4.07. The Kier molecular flexibility index (Phi) is 19.1. The lowest BCUT2D eigenvalue weighted by molar-refractivity contribution is -0.137. The Bertz CT molecular complexity index is 2520. The fourth-order valence-electron chi connectivity index (χ4n) is 7.80. The molecular formula is C46H61N15O9. The average molecular weight is 968 g/mol. The van der Waals surface area contributed by atoms with Gasteiger partial charge in [-0.25, -0.2) is 9.78 Å². The number of guanidine groups is 1. The molecule has 1 saturated heterocycles. The molecule has 374 valence electrons. The molecule has 24 nitrogen and oxygen atoms in total. The van der Waals surface area contributed by atoms with E-state index in [0.29, 0.717) is 16.8 Å². The van der Waals surface area contributed by atoms with Crippen LogP contribution in [0.15, 0.2) is 73.3 Å². The second-order valence-corrected chi connectivity index (χ2v) is 16.9. The highest BCUT2D eigenvalue weighted by molar-refractivity contribution is 6.08. The number of nitrogens with one attached hydrogen (secondary N) is 11. The second kappa shape index (κ2) is 25.3. The summed E-state index contributed by atoms with van der Waals surface area (Å²) in [5.74, 6) is -6.14. The van der Waals surface area contributed by atoms with E-state index < -0.39 is 89.7 Å². The predicted molar refractivity (Wildman–Crippen MR) is 255 cm³/mol. The number of amides is 9. The zero-order valence-electron chi connectivity index (χ0n) is 39.1. The molecule has 1 aliphatic rings. The van der Waals surface area contributed by atoms with Crippen LogP contribution in [0.3, 0.4) is 0 Å². The molecule has 1 fully saturated rings. The molecule has 5 rings (SSSR count). The zero-order chi connectivity index (χ0) is 50.9. The van der Waals surface area contributed by atoms with Gasteiger partial charge in [-0.1, -0.05) is 48.5 Å². The highest BCUT2D eigenvalue weighted by atomic mass is 16.2. The van der Waals surface area contributed by atoms with E-state index in [-0.39, 0.29) is 69.8 Å². The number of carbonyl (C=O) groups excluding carboxylic acids is 9. The maximum absolute atomic E-state index is 14.6. The zero-order valence-corrected chi connectivity index (χ0v) is 39.1. The second-order valence-electron chi connectivity index (χ2n) is 16.9. The van der Waals surface area contributed by atoms with Crippen LogP contribution in [-0.4, -0.2) is 141 Å². The number of nitrogens with two attached hydrogens (primary N) is 2. The Morgan fingerprint density at radius 3 is 2.00 bits per heavy atom. The van der Waals surface area contributed by atoms with Crippen molar-refractivity contribution < 1.29 is 43.2 Å². The topological polar surface area (TPSA) is 373 Å². The molecule has 7 atom stereocenters. The number of primary amides is 1. The quantitative estimate of drug-likeness (QED) is 0.0133. The summed E-state index contributed by atoms with van der Waals surface area (Å²) in [4.78, 5) is 132. The van der Waals surface area contributed by atoms with Crippen molar-refractivity contribution in [1.82, 2.24) is 62.4 Å². The molecule has 24 heteroatoms. The Balaban J connectivity index is 1.41. The van der Waals surface area contributed by atoms with Crippen molar-refractivity contribution >= 4 is 70.0 Å². The number of imidazole rings is 1. The van der Waals surface area contributed by atoms with E-state index in [1.54, 1.807) is 43.6 Å². The maximum Gasteiger partial charge on any atom is 0.325 e. The van der Waals surface area contributed by atoms with Gasteiger partial charge >= 0.3 is 6.03 Å². The molecule has 0 radical (unpaired) electrons. The Labute approximate surface area is 402 Å². The van der Waals surface area contributed by atoms with E-state index in [0.717, 1.165) is 15.8 Å². The fourth-order valence-corrected chi connectivity index (χ4v) is 7.80. The number of Topliss-reactive ketones (excluding diaryl/α,β-unsaturated/α-hetero) is 1. The number of benzene rings is 2. The molecule has 15 N–H and O–H groups in total. The van der Waals surface area contributed by atoms with E-state index in [4.69, 9.17) is 16.9 Å². The van der Waals surface area contributed by atoms with Crippen LogP contribution in [-0.2, 0) is 57.6 Å². The van der Waals surface area contributed by atoms with Crippen molar-refractivity contribution in [2.75, 3.05) is 20.1 Å². The molecule has 4 aromatic rings. The minimum Gasteiger partial charge on any atom is -0.370 e. The van der Waals surface area contributed by atoms with Gasteiger partial charge in [0.1, 0.15) is 48.1 Å². The maximum atomic E-state index is 14.6. The number of nitrogens with zero attached hydrogens (tertiary/aromatic N) is 2. The number of fused-ring (bicyclic) bond motifs is 1. The number of rotatable bonds is 27. The van der Waals surface area contributed by atoms with Gasteiger partial charge in [0.25, 0.3) is 5.91 Å². The third-order valence-corrected chi connectivity index (χ3v) is 11.5. The van der Waals surface area contributed by atoms with Gasteiger partial charge < -0.3 is 68.8 Å². The van der Waals surface area contributed by atoms with Crippen LogP contribution in [0.1, 0.15) is 56.4 Å². The smallest absolute Gasteiger partial charge is 0.325 e. The molecule has 0 spiro atoms. The van der Waals surface area contributed by atoms with Crippen molar-refractivity contribution in [1.29, 1.82) is 5.41 Å². The van der Waals surface area contributed by atoms with Crippen molar-refractivity contribution in [3.05, 3.63) is 90.1 Å². The molecule has 0 aliphatic carbocycles. The van der Waals surface area contributed by atoms with Crippen molar-refractivity contribution in [2.45, 2.75) is 101 Å². The Morgan fingerprint density at radius 2 is 1.37 bits per heavy atom. The standard InChI is InChI=1S/C46H61N15O9/c1-25(62)15-16-33-44(69)61(46(70)60-33)26(2)39(64)56-36(20-29-22-51-24-54-29)43(68)57-34(18-27-10-5-4-6-11-27)41(66)55-32(14-9-17-52-45(48)49)40(65)58-35(42(67)59-37(23-50-3)38(47)63)19-28-21-53-31-13-8-7-12-30(28)31/h4-8,10-13,21-22,24,26,32-37,50,53H,9,14-20,23H2,1-3H3,(H2,47,63)(H,51,54)(H,55,66)(H,56,64)(H,57,68)(H,58,65)(H,59,67)(H,60,70)(H4,48,49,52)/t26-,32+,33+,34-,35+,36+,37+/m1/s1. The molecule has 0 saturated carbocycles. The number of aromatic nitrogens is 3. The van der Waals surface area contributed by atoms with Crippen molar-refractivity contribution in [3.8, 4) is 0 Å². The van der Waals surface area contributed by atoms with Crippen LogP contribution in [0.2, 0.25) is 0 Å². The Morgan fingerprint density at radius 1 is 0.771 bits per heavy atom. The molecule has 2 aromatic carbocycles. The number of aromatic amines is 2. The Hall–Kier alpha value is -8.15. The summed E-state index contributed by atoms with van der Waals surface area (Å²) >= 11 is 0. The molecule has 0 unspecified atom stereocenters. The summed E-state index contributed by atoms with van der Waals surface area (Å²) in [5.41, 5.74) is 13.5. The first-order chi connectivity index (χ1) is 33.4. The largest absolute Gasteiger partial charge is 0.370 e. The summed E-state index contributed by atoms with van der Waals surface area (Å²) in [6.07, 6.45) is 4.34. The number of para-hydroxylation sites is 1. The number of hydrogen-bond donors (Lipinski definition) is 13. The number of urea groups is 1. The first-order valence-electron chi connectivity index (χ1n) is 22.7. The lowest BCUT2D eigenvalue weighted by Gasteiger charge is -2.28. The van der Waals surface area contributed by atoms with E-state index in [1.807, 2.05) is 24.3 Å². The van der Waals surface area contributed by atoms with Gasteiger partial charge in [-0.3, -0.25) is 43.9 Å². The van der Waals surface area contributed by atoms with Gasteiger partial charge in [-0.05, 0) is 57.4 Å². The van der Waals surface area contributed by atoms with Crippen LogP contribution >= 0.6 is 0 Å². The lowest BCUT2D eigenvalue weighted by Crippen LogP contribution is -2.61. The van der Waals surface area contributed by atoms with Crippen LogP contribution in [0.5, 0.6) is 0 Å². The van der Waals surface area contributed by atoms with Gasteiger partial charge in [-0.15, -0.1) is 0 Å². The first kappa shape index (κ1) is 52.8. The van der Waals surface area contributed by atoms with E-state index in [2.05, 4.69) is 57.5 Å². The highest BCUT2D eigenvalue weighted by Gasteiger charge is 2.43. The minimum absolute atomic E-state index is 0.00446. The van der Waals surface area contributed by atoms with Gasteiger partial charge in [0.15, 0.2) is 5.96 Å². The van der Waals surface area contributed by atoms with Crippen LogP contribution in [0, 0.1) is 5.41 Å². The molecular weight excluding hydrogens is 907 g/mol. The molecule has 9 amide bonds. The van der Waals surface area contributed by atoms with Gasteiger partial charge in [0.05, 0.1) is 6.33 Å². The highest BCUT2D eigenvalue weighted by Crippen LogP contribution is 2.20. The minimum atomic E-state index is -1.41. The fraction of sp³-hybridized carbons (Fsp3) is 0.413. The summed E-state index contributed by atoms with van der Waals surface area (Å²) < 4.78 is 0. The predicted octanol–water partition coefficient (Wildman–Crippen LogP) is -2.01. The number of carbonyl (C=O) groups is 9. The SMILES string of the molecule is CNC[C@H](NC(=O)[C@H](Cc1c[nH]c2ccccc12)NC(=O)[C@H](CCCNC(=N)N)NC(=O)[C@@H](Cc1ccccc1)NC(=O)[C@H](Cc1cnc[nH]1)NC(=O)[C@@H](C)N1C(=O)N[C@@H](CCC(C)=O)C1=O)C(N)=O. The number of imide groups is 1. The van der Waals surface area contributed by atoms with Crippen LogP contribution < -0.4 is 54.0 Å². The number of hydrogen-bond acceptors (Lipinski definition) is 12. The summed E-state index contributed by atoms with van der Waals surface area (Å²) in [6.45, 7) is 2.78. The van der Waals surface area contributed by atoms with E-state index in [9.17, 15) is 43.2 Å². The third kappa shape index (κ3) is 14.9. The molecule has 70 heavy (non-hydrogen) atoms. The van der Waals surface area contributed by atoms with Gasteiger partial charge in [0, 0.05) is 67.8 Å². The number of H-pyrrole nitrogens is 2. The van der Waals surface area contributed by atoms with Crippen LogP contribution in [0.4, 0.5) is 4.79 Å². The monoisotopic (exact) mass is 967 g/mol. The van der Waals surface area contributed by atoms with Gasteiger partial charge in [-0.2, -0.15) is 0 Å². The lowest BCUT2D eigenvalue weighted by atomic mass is 10.0. The molecule has 1 aliphatic heterocycles. The number of ketones is 1. The van der Waals surface area contributed by atoms with Crippen molar-refractivity contribution in [2.24, 2.45) is 11.5 Å². The van der Waals surface area contributed by atoms with E-state index in [1.165, 1.54) is 26.4 Å². The molecule has 2 aromatic heterocycles. The van der Waals surface area contributed by atoms with Crippen molar-refractivity contribution in [3.63, 3.8) is 0 Å². The number of likely N-dealkylation sites (N-methyl/N-ethyl adjacent to an activating group) is 1.